The standard InChI is InChI=1S/C11H20N2OS.ClH/c12-11(5-1-2-6-11)10(14)13-8-9-4-3-7-15-9;/h9H,1-8,12H2,(H,13,14);1H. The highest BCUT2D eigenvalue weighted by Crippen LogP contribution is 2.28. The van der Waals surface area contributed by atoms with Gasteiger partial charge in [0, 0.05) is 11.8 Å². The Hall–Kier alpha value is 0.0700. The molecule has 0 radical (unpaired) electrons. The zero-order valence-electron chi connectivity index (χ0n) is 9.54. The van der Waals surface area contributed by atoms with Crippen LogP contribution in [-0.2, 0) is 4.79 Å². The van der Waals surface area contributed by atoms with Crippen LogP contribution in [0.25, 0.3) is 0 Å². The average molecular weight is 265 g/mol. The lowest BCUT2D eigenvalue weighted by Gasteiger charge is -2.23. The van der Waals surface area contributed by atoms with Gasteiger partial charge in [0.1, 0.15) is 0 Å². The third kappa shape index (κ3) is 3.28. The molecule has 0 spiro atoms. The fourth-order valence-electron chi connectivity index (χ4n) is 2.42. The largest absolute Gasteiger partial charge is 0.353 e. The second kappa shape index (κ2) is 6.12. The molecule has 1 amide bonds. The van der Waals surface area contributed by atoms with Crippen molar-refractivity contribution in [1.29, 1.82) is 0 Å². The number of thioether (sulfide) groups is 1. The fourth-order valence-corrected chi connectivity index (χ4v) is 3.62. The van der Waals surface area contributed by atoms with E-state index in [2.05, 4.69) is 5.32 Å². The first-order chi connectivity index (χ1) is 7.21. The molecule has 2 fully saturated rings. The summed E-state index contributed by atoms with van der Waals surface area (Å²) in [5, 5.41) is 3.65. The summed E-state index contributed by atoms with van der Waals surface area (Å²) in [6.45, 7) is 0.808. The molecule has 1 heterocycles. The number of carbonyl (C=O) groups excluding carboxylic acids is 1. The van der Waals surface area contributed by atoms with E-state index >= 15 is 0 Å². The average Bonchev–Trinajstić information content (AvgIpc) is 2.85. The molecule has 3 N–H and O–H groups in total. The summed E-state index contributed by atoms with van der Waals surface area (Å²) < 4.78 is 0. The SMILES string of the molecule is Cl.NC1(C(=O)NCC2CCCS2)CCCC1. The van der Waals surface area contributed by atoms with Crippen molar-refractivity contribution in [2.75, 3.05) is 12.3 Å². The van der Waals surface area contributed by atoms with Crippen LogP contribution in [-0.4, -0.2) is 29.0 Å². The molecule has 1 saturated carbocycles. The van der Waals surface area contributed by atoms with Gasteiger partial charge >= 0.3 is 0 Å². The lowest BCUT2D eigenvalue weighted by atomic mass is 9.98. The monoisotopic (exact) mass is 264 g/mol. The minimum Gasteiger partial charge on any atom is -0.353 e. The van der Waals surface area contributed by atoms with Crippen molar-refractivity contribution in [2.24, 2.45) is 5.73 Å². The first-order valence-electron chi connectivity index (χ1n) is 5.89. The molecule has 0 aromatic rings. The van der Waals surface area contributed by atoms with E-state index in [1.54, 1.807) is 0 Å². The van der Waals surface area contributed by atoms with Crippen molar-refractivity contribution in [3.8, 4) is 0 Å². The topological polar surface area (TPSA) is 55.1 Å². The molecule has 1 aliphatic carbocycles. The molecule has 1 aliphatic heterocycles. The van der Waals surface area contributed by atoms with Crippen molar-refractivity contribution in [3.63, 3.8) is 0 Å². The predicted molar refractivity (Wildman–Crippen MR) is 71.1 cm³/mol. The van der Waals surface area contributed by atoms with Crippen molar-refractivity contribution in [1.82, 2.24) is 5.32 Å². The molecule has 94 valence electrons. The van der Waals surface area contributed by atoms with Gasteiger partial charge in [-0.2, -0.15) is 11.8 Å². The normalized spacial score (nSPS) is 27.4. The lowest BCUT2D eigenvalue weighted by molar-refractivity contribution is -0.126. The molecule has 2 rings (SSSR count). The smallest absolute Gasteiger partial charge is 0.240 e. The Labute approximate surface area is 108 Å². The molecular weight excluding hydrogens is 244 g/mol. The second-order valence-corrected chi connectivity index (χ2v) is 6.12. The number of carbonyl (C=O) groups is 1. The molecular formula is C11H21ClN2OS. The summed E-state index contributed by atoms with van der Waals surface area (Å²) in [7, 11) is 0. The third-order valence-corrected chi connectivity index (χ3v) is 4.86. The Balaban J connectivity index is 0.00000128. The number of amides is 1. The number of nitrogens with one attached hydrogen (secondary N) is 1. The van der Waals surface area contributed by atoms with Gasteiger partial charge in [-0.05, 0) is 31.4 Å². The molecule has 0 bridgehead atoms. The van der Waals surface area contributed by atoms with Crippen molar-refractivity contribution < 1.29 is 4.79 Å². The van der Waals surface area contributed by atoms with Gasteiger partial charge in [0.05, 0.1) is 5.54 Å². The van der Waals surface area contributed by atoms with Crippen molar-refractivity contribution in [2.45, 2.75) is 49.3 Å². The summed E-state index contributed by atoms with van der Waals surface area (Å²) in [5.74, 6) is 1.32. The minimum absolute atomic E-state index is 0. The summed E-state index contributed by atoms with van der Waals surface area (Å²) >= 11 is 1.97. The highest BCUT2D eigenvalue weighted by Gasteiger charge is 2.37. The Morgan fingerprint density at radius 3 is 2.62 bits per heavy atom. The first-order valence-corrected chi connectivity index (χ1v) is 6.94. The summed E-state index contributed by atoms with van der Waals surface area (Å²) in [6.07, 6.45) is 6.44. The molecule has 1 unspecified atom stereocenters. The molecule has 1 atom stereocenters. The zero-order chi connectivity index (χ0) is 10.7. The van der Waals surface area contributed by atoms with E-state index in [0.717, 1.165) is 32.2 Å². The van der Waals surface area contributed by atoms with E-state index in [0.29, 0.717) is 5.25 Å². The molecule has 2 aliphatic rings. The Bertz CT molecular complexity index is 238. The van der Waals surface area contributed by atoms with Crippen LogP contribution < -0.4 is 11.1 Å². The van der Waals surface area contributed by atoms with Gasteiger partial charge in [-0.15, -0.1) is 12.4 Å². The van der Waals surface area contributed by atoms with Gasteiger partial charge in [-0.25, -0.2) is 0 Å². The highest BCUT2D eigenvalue weighted by molar-refractivity contribution is 8.00. The van der Waals surface area contributed by atoms with Gasteiger partial charge in [0.15, 0.2) is 0 Å². The predicted octanol–water partition coefficient (Wildman–Crippen LogP) is 1.69. The van der Waals surface area contributed by atoms with Crippen LogP contribution in [0.1, 0.15) is 38.5 Å². The van der Waals surface area contributed by atoms with Crippen molar-refractivity contribution in [3.05, 3.63) is 0 Å². The lowest BCUT2D eigenvalue weighted by Crippen LogP contribution is -2.52. The third-order valence-electron chi connectivity index (χ3n) is 3.46. The molecule has 3 nitrogen and oxygen atoms in total. The van der Waals surface area contributed by atoms with E-state index in [4.69, 9.17) is 5.73 Å². The first kappa shape index (κ1) is 14.1. The Kier molecular flexibility index (Phi) is 5.41. The number of hydrogen-bond donors (Lipinski definition) is 2. The van der Waals surface area contributed by atoms with Crippen LogP contribution in [0.15, 0.2) is 0 Å². The van der Waals surface area contributed by atoms with Gasteiger partial charge in [-0.1, -0.05) is 12.8 Å². The van der Waals surface area contributed by atoms with Crippen LogP contribution in [0.4, 0.5) is 0 Å². The maximum atomic E-state index is 11.9. The van der Waals surface area contributed by atoms with Crippen LogP contribution in [0.5, 0.6) is 0 Å². The fraction of sp³-hybridized carbons (Fsp3) is 0.909. The summed E-state index contributed by atoms with van der Waals surface area (Å²) in [5.41, 5.74) is 5.52. The van der Waals surface area contributed by atoms with Gasteiger partial charge in [0.25, 0.3) is 0 Å². The molecule has 0 aromatic heterocycles. The van der Waals surface area contributed by atoms with Gasteiger partial charge in [0.2, 0.25) is 5.91 Å². The zero-order valence-corrected chi connectivity index (χ0v) is 11.2. The van der Waals surface area contributed by atoms with Gasteiger partial charge < -0.3 is 11.1 Å². The quantitative estimate of drug-likeness (QED) is 0.816. The van der Waals surface area contributed by atoms with E-state index < -0.39 is 5.54 Å². The van der Waals surface area contributed by atoms with E-state index in [1.807, 2.05) is 11.8 Å². The second-order valence-electron chi connectivity index (χ2n) is 4.71. The minimum atomic E-state index is -0.552. The van der Waals surface area contributed by atoms with Crippen molar-refractivity contribution >= 4 is 30.1 Å². The maximum Gasteiger partial charge on any atom is 0.240 e. The van der Waals surface area contributed by atoms with Crippen LogP contribution in [0.3, 0.4) is 0 Å². The molecule has 0 aromatic carbocycles. The van der Waals surface area contributed by atoms with E-state index in [1.165, 1.54) is 18.6 Å². The van der Waals surface area contributed by atoms with E-state index in [-0.39, 0.29) is 18.3 Å². The summed E-state index contributed by atoms with van der Waals surface area (Å²) in [6, 6.07) is 0. The highest BCUT2D eigenvalue weighted by atomic mass is 35.5. The number of halogens is 1. The maximum absolute atomic E-state index is 11.9. The summed E-state index contributed by atoms with van der Waals surface area (Å²) in [4.78, 5) is 11.9. The van der Waals surface area contributed by atoms with E-state index in [9.17, 15) is 4.79 Å². The van der Waals surface area contributed by atoms with Crippen LogP contribution in [0.2, 0.25) is 0 Å². The van der Waals surface area contributed by atoms with Crippen LogP contribution in [0, 0.1) is 0 Å². The molecule has 1 saturated heterocycles. The number of rotatable bonds is 3. The molecule has 16 heavy (non-hydrogen) atoms. The Morgan fingerprint density at radius 2 is 2.06 bits per heavy atom. The Morgan fingerprint density at radius 1 is 1.38 bits per heavy atom. The van der Waals surface area contributed by atoms with Crippen LogP contribution >= 0.6 is 24.2 Å². The number of hydrogen-bond acceptors (Lipinski definition) is 3. The molecule has 5 heteroatoms. The van der Waals surface area contributed by atoms with Gasteiger partial charge in [-0.3, -0.25) is 4.79 Å². The number of nitrogens with two attached hydrogens (primary N) is 1.